The number of ether oxygens (including phenoxy) is 1. The Morgan fingerprint density at radius 2 is 1.53 bits per heavy atom. The zero-order valence-corrected chi connectivity index (χ0v) is 20.5. The third-order valence-corrected chi connectivity index (χ3v) is 6.61. The molecule has 3 aromatic rings. The number of nitrogens with zero attached hydrogens (tertiary/aromatic N) is 1. The number of aliphatic imine (C=N–C) groups is 1. The van der Waals surface area contributed by atoms with Crippen LogP contribution in [-0.2, 0) is 10.4 Å². The molecule has 1 fully saturated rings. The van der Waals surface area contributed by atoms with E-state index in [0.717, 1.165) is 28.1 Å². The van der Waals surface area contributed by atoms with E-state index in [1.54, 1.807) is 5.37 Å². The molecule has 2 atom stereocenters. The third kappa shape index (κ3) is 4.72. The molecular formula is C27H31N5OS. The molecule has 4 rings (SSSR count). The lowest BCUT2D eigenvalue weighted by atomic mass is 9.95. The van der Waals surface area contributed by atoms with Crippen molar-refractivity contribution in [1.29, 1.82) is 0 Å². The number of hydrogen-bond acceptors (Lipinski definition) is 7. The fourth-order valence-electron chi connectivity index (χ4n) is 4.34. The standard InChI is InChI=1S/C27H31N5OS/c1-28-26(19-33-27(29-2,30-3)24(18-34)32-26)22-15-10-16-23(17-22)31-25(20-11-6-4-7-12-20)21-13-8-5-9-14-21/h4-18,24,28-30,32H,19H2,1-3H3/t24?,26-/m1/s1. The summed E-state index contributed by atoms with van der Waals surface area (Å²) in [6.07, 6.45) is 0. The second-order valence-corrected chi connectivity index (χ2v) is 8.45. The first-order chi connectivity index (χ1) is 16.6. The zero-order chi connectivity index (χ0) is 24.0. The smallest absolute Gasteiger partial charge is 0.194 e. The van der Waals surface area contributed by atoms with Gasteiger partial charge in [-0.25, -0.2) is 4.99 Å². The maximum absolute atomic E-state index is 6.31. The maximum Gasteiger partial charge on any atom is 0.194 e. The van der Waals surface area contributed by atoms with E-state index < -0.39 is 11.5 Å². The molecule has 0 spiro atoms. The average molecular weight is 474 g/mol. The van der Waals surface area contributed by atoms with Crippen LogP contribution in [0.15, 0.2) is 89.9 Å². The molecule has 0 aliphatic carbocycles. The summed E-state index contributed by atoms with van der Waals surface area (Å²) in [5, 5.41) is 15.2. The second kappa shape index (κ2) is 10.7. The minimum Gasteiger partial charge on any atom is -0.342 e. The Bertz CT molecular complexity index is 1090. The molecule has 7 heteroatoms. The van der Waals surface area contributed by atoms with Gasteiger partial charge in [0.25, 0.3) is 0 Å². The summed E-state index contributed by atoms with van der Waals surface area (Å²) in [7, 11) is 5.61. The van der Waals surface area contributed by atoms with Gasteiger partial charge in [0.05, 0.1) is 24.0 Å². The van der Waals surface area contributed by atoms with Crippen LogP contribution in [0, 0.1) is 0 Å². The molecule has 0 amide bonds. The molecule has 1 aliphatic rings. The largest absolute Gasteiger partial charge is 0.342 e. The van der Waals surface area contributed by atoms with E-state index in [-0.39, 0.29) is 6.04 Å². The summed E-state index contributed by atoms with van der Waals surface area (Å²) < 4.78 is 6.31. The number of likely N-dealkylation sites (N-methyl/N-ethyl adjacent to an activating group) is 3. The van der Waals surface area contributed by atoms with Crippen LogP contribution in [0.5, 0.6) is 0 Å². The van der Waals surface area contributed by atoms with E-state index in [2.05, 4.69) is 57.7 Å². The highest BCUT2D eigenvalue weighted by Crippen LogP contribution is 2.30. The SMILES string of the molecule is CNC1(NC)OC[C@](NC)(c2cccc(N=C(c3ccccc3)c3ccccc3)c2)NC1C=S. The van der Waals surface area contributed by atoms with E-state index in [0.29, 0.717) is 6.61 Å². The summed E-state index contributed by atoms with van der Waals surface area (Å²) in [6, 6.07) is 28.4. The fraction of sp³-hybridized carbons (Fsp3) is 0.259. The van der Waals surface area contributed by atoms with E-state index >= 15 is 0 Å². The number of morpholine rings is 1. The van der Waals surface area contributed by atoms with Crippen molar-refractivity contribution in [2.75, 3.05) is 27.7 Å². The molecule has 6 nitrogen and oxygen atoms in total. The van der Waals surface area contributed by atoms with Crippen LogP contribution in [0.1, 0.15) is 16.7 Å². The first-order valence-electron chi connectivity index (χ1n) is 11.3. The topological polar surface area (TPSA) is 69.7 Å². The molecule has 4 N–H and O–H groups in total. The van der Waals surface area contributed by atoms with Gasteiger partial charge in [-0.15, -0.1) is 0 Å². The lowest BCUT2D eigenvalue weighted by Gasteiger charge is -2.50. The van der Waals surface area contributed by atoms with Gasteiger partial charge in [-0.1, -0.05) is 85.0 Å². The van der Waals surface area contributed by atoms with Crippen LogP contribution in [0.4, 0.5) is 5.69 Å². The highest BCUT2D eigenvalue weighted by Gasteiger charge is 2.48. The predicted molar refractivity (Wildman–Crippen MR) is 143 cm³/mol. The van der Waals surface area contributed by atoms with Gasteiger partial charge in [0.1, 0.15) is 5.66 Å². The summed E-state index contributed by atoms with van der Waals surface area (Å²) >= 11 is 5.35. The van der Waals surface area contributed by atoms with E-state index in [4.69, 9.17) is 21.9 Å². The van der Waals surface area contributed by atoms with Gasteiger partial charge < -0.3 is 4.74 Å². The minimum absolute atomic E-state index is 0.268. The monoisotopic (exact) mass is 473 g/mol. The van der Waals surface area contributed by atoms with Crippen molar-refractivity contribution in [2.45, 2.75) is 17.6 Å². The molecule has 1 saturated heterocycles. The van der Waals surface area contributed by atoms with Crippen LogP contribution < -0.4 is 21.3 Å². The number of nitrogens with one attached hydrogen (secondary N) is 4. The van der Waals surface area contributed by atoms with Crippen molar-refractivity contribution in [3.8, 4) is 0 Å². The van der Waals surface area contributed by atoms with Crippen molar-refractivity contribution >= 4 is 29.0 Å². The molecule has 34 heavy (non-hydrogen) atoms. The van der Waals surface area contributed by atoms with Crippen LogP contribution in [0.3, 0.4) is 0 Å². The molecule has 0 bridgehead atoms. The minimum atomic E-state index is -0.786. The number of thiocarbonyl (C=S) groups is 1. The Labute approximate surface area is 206 Å². The van der Waals surface area contributed by atoms with Gasteiger partial charge in [0.2, 0.25) is 0 Å². The summed E-state index contributed by atoms with van der Waals surface area (Å²) in [4.78, 5) is 5.09. The Kier molecular flexibility index (Phi) is 7.63. The molecule has 1 heterocycles. The highest BCUT2D eigenvalue weighted by molar-refractivity contribution is 7.79. The van der Waals surface area contributed by atoms with Gasteiger partial charge in [-0.05, 0) is 38.8 Å². The summed E-state index contributed by atoms with van der Waals surface area (Å²) in [5.74, 6) is -0.786. The van der Waals surface area contributed by atoms with Crippen LogP contribution in [0.25, 0.3) is 0 Å². The number of rotatable bonds is 8. The lowest BCUT2D eigenvalue weighted by Crippen LogP contribution is -2.78. The van der Waals surface area contributed by atoms with Crippen LogP contribution >= 0.6 is 12.2 Å². The number of benzene rings is 3. The molecule has 176 valence electrons. The molecule has 0 aromatic heterocycles. The third-order valence-electron chi connectivity index (χ3n) is 6.34. The quantitative estimate of drug-likeness (QED) is 0.229. The molecule has 0 saturated carbocycles. The predicted octanol–water partition coefficient (Wildman–Crippen LogP) is 3.31. The Morgan fingerprint density at radius 1 is 0.912 bits per heavy atom. The summed E-state index contributed by atoms with van der Waals surface area (Å²) in [5.41, 5.74) is 4.28. The average Bonchev–Trinajstić information content (AvgIpc) is 2.92. The van der Waals surface area contributed by atoms with Crippen molar-refractivity contribution in [3.63, 3.8) is 0 Å². The Balaban J connectivity index is 1.74. The van der Waals surface area contributed by atoms with Gasteiger partial charge in [-0.2, -0.15) is 0 Å². The zero-order valence-electron chi connectivity index (χ0n) is 19.7. The van der Waals surface area contributed by atoms with Crippen molar-refractivity contribution < 1.29 is 4.74 Å². The molecule has 1 aliphatic heterocycles. The Morgan fingerprint density at radius 3 is 2.06 bits per heavy atom. The maximum atomic E-state index is 6.31. The van der Waals surface area contributed by atoms with E-state index in [1.165, 1.54) is 0 Å². The highest BCUT2D eigenvalue weighted by atomic mass is 32.1. The number of hydrogen-bond donors (Lipinski definition) is 4. The Hall–Kier alpha value is -2.78. The normalized spacial score (nSPS) is 21.6. The first-order valence-corrected chi connectivity index (χ1v) is 11.8. The van der Waals surface area contributed by atoms with E-state index in [9.17, 15) is 0 Å². The van der Waals surface area contributed by atoms with Crippen molar-refractivity contribution in [3.05, 3.63) is 102 Å². The van der Waals surface area contributed by atoms with Gasteiger partial charge in [0, 0.05) is 16.5 Å². The lowest BCUT2D eigenvalue weighted by molar-refractivity contribution is -0.160. The van der Waals surface area contributed by atoms with Crippen LogP contribution in [-0.4, -0.2) is 50.7 Å². The molecular weight excluding hydrogens is 442 g/mol. The summed E-state index contributed by atoms with van der Waals surface area (Å²) in [6.45, 7) is 0.377. The van der Waals surface area contributed by atoms with Crippen LogP contribution in [0.2, 0.25) is 0 Å². The second-order valence-electron chi connectivity index (χ2n) is 8.18. The molecule has 3 aromatic carbocycles. The first kappa shape index (κ1) is 24.3. The van der Waals surface area contributed by atoms with E-state index in [1.807, 2.05) is 69.7 Å². The fourth-order valence-corrected chi connectivity index (χ4v) is 4.60. The van der Waals surface area contributed by atoms with Gasteiger partial charge in [0.15, 0.2) is 5.85 Å². The molecule has 0 radical (unpaired) electrons. The van der Waals surface area contributed by atoms with Gasteiger partial charge >= 0.3 is 0 Å². The van der Waals surface area contributed by atoms with Gasteiger partial charge in [-0.3, -0.25) is 21.3 Å². The van der Waals surface area contributed by atoms with Crippen molar-refractivity contribution in [2.24, 2.45) is 4.99 Å². The molecule has 1 unspecified atom stereocenters. The van der Waals surface area contributed by atoms with Crippen molar-refractivity contribution in [1.82, 2.24) is 21.3 Å².